The van der Waals surface area contributed by atoms with Crippen LogP contribution in [0.5, 0.6) is 5.75 Å². The van der Waals surface area contributed by atoms with E-state index in [-0.39, 0.29) is 18.2 Å². The minimum Gasteiger partial charge on any atom is -0.484 e. The molecule has 98 valence electrons. The fraction of sp³-hybridized carbons (Fsp3) is 0.133. The first-order valence-electron chi connectivity index (χ1n) is 5.74. The molecule has 0 unspecified atom stereocenters. The normalized spacial score (nSPS) is 10.3. The van der Waals surface area contributed by atoms with E-state index in [1.807, 2.05) is 19.1 Å². The molecule has 0 N–H and O–H groups in total. The molecule has 2 rings (SSSR count). The van der Waals surface area contributed by atoms with Gasteiger partial charge in [0.05, 0.1) is 4.47 Å². The molecule has 0 aliphatic carbocycles. The van der Waals surface area contributed by atoms with E-state index in [9.17, 15) is 9.18 Å². The summed E-state index contributed by atoms with van der Waals surface area (Å²) in [5.41, 5.74) is 1.54. The summed E-state index contributed by atoms with van der Waals surface area (Å²) in [7, 11) is 0. The van der Waals surface area contributed by atoms with Gasteiger partial charge < -0.3 is 4.74 Å². The first-order chi connectivity index (χ1) is 9.06. The van der Waals surface area contributed by atoms with Crippen molar-refractivity contribution in [1.29, 1.82) is 0 Å². The van der Waals surface area contributed by atoms with Crippen molar-refractivity contribution in [2.45, 2.75) is 6.92 Å². The Balaban J connectivity index is 2.02. The summed E-state index contributed by atoms with van der Waals surface area (Å²) in [5, 5.41) is 0. The fourth-order valence-corrected chi connectivity index (χ4v) is 2.19. The topological polar surface area (TPSA) is 26.3 Å². The monoisotopic (exact) mass is 322 g/mol. The predicted octanol–water partition coefficient (Wildman–Crippen LogP) is 4.16. The summed E-state index contributed by atoms with van der Waals surface area (Å²) in [6, 6.07) is 11.0. The zero-order chi connectivity index (χ0) is 13.8. The zero-order valence-electron chi connectivity index (χ0n) is 10.3. The number of carbonyl (C=O) groups is 1. The van der Waals surface area contributed by atoms with Crippen LogP contribution >= 0.6 is 15.9 Å². The van der Waals surface area contributed by atoms with Gasteiger partial charge in [-0.2, -0.15) is 0 Å². The van der Waals surface area contributed by atoms with E-state index in [4.69, 9.17) is 4.74 Å². The summed E-state index contributed by atoms with van der Waals surface area (Å²) >= 11 is 3.38. The maximum atomic E-state index is 12.7. The van der Waals surface area contributed by atoms with Crippen molar-refractivity contribution in [1.82, 2.24) is 0 Å². The molecule has 0 spiro atoms. The van der Waals surface area contributed by atoms with Crippen molar-refractivity contribution in [3.05, 3.63) is 63.9 Å². The number of hydrogen-bond donors (Lipinski definition) is 0. The smallest absolute Gasteiger partial charge is 0.200 e. The van der Waals surface area contributed by atoms with Crippen molar-refractivity contribution in [2.75, 3.05) is 6.61 Å². The van der Waals surface area contributed by atoms with E-state index < -0.39 is 0 Å². The average Bonchev–Trinajstić information content (AvgIpc) is 2.38. The second-order valence-electron chi connectivity index (χ2n) is 4.15. The van der Waals surface area contributed by atoms with Crippen molar-refractivity contribution < 1.29 is 13.9 Å². The number of halogens is 2. The second kappa shape index (κ2) is 5.97. The van der Waals surface area contributed by atoms with Crippen LogP contribution in [0, 0.1) is 12.7 Å². The number of ketones is 1. The molecule has 2 aromatic rings. The van der Waals surface area contributed by atoms with Crippen LogP contribution in [0.4, 0.5) is 4.39 Å². The van der Waals surface area contributed by atoms with Crippen LogP contribution in [0.15, 0.2) is 46.9 Å². The number of Topliss-reactive ketones (excluding diaryl/α,β-unsaturated/α-hetero) is 1. The molecule has 0 aromatic heterocycles. The van der Waals surface area contributed by atoms with Crippen molar-refractivity contribution >= 4 is 21.7 Å². The Labute approximate surface area is 119 Å². The predicted molar refractivity (Wildman–Crippen MR) is 75.1 cm³/mol. The summed E-state index contributed by atoms with van der Waals surface area (Å²) in [5.74, 6) is 0.0623. The van der Waals surface area contributed by atoms with Gasteiger partial charge in [-0.05, 0) is 64.8 Å². The van der Waals surface area contributed by atoms with Crippen molar-refractivity contribution in [3.63, 3.8) is 0 Å². The molecule has 2 nitrogen and oxygen atoms in total. The minimum atomic E-state index is -0.362. The summed E-state index contributed by atoms with van der Waals surface area (Å²) in [6.45, 7) is 1.89. The van der Waals surface area contributed by atoms with Crippen molar-refractivity contribution in [2.24, 2.45) is 0 Å². The molecule has 0 aliphatic rings. The molecule has 0 atom stereocenters. The molecule has 4 heteroatoms. The highest BCUT2D eigenvalue weighted by Crippen LogP contribution is 2.25. The lowest BCUT2D eigenvalue weighted by Gasteiger charge is -2.08. The molecule has 0 heterocycles. The number of aryl methyl sites for hydroxylation is 1. The van der Waals surface area contributed by atoms with Gasteiger partial charge >= 0.3 is 0 Å². The molecule has 0 radical (unpaired) electrons. The standard InChI is InChI=1S/C15H12BrFO2/c1-10-2-7-15(13(16)8-10)19-9-14(18)11-3-5-12(17)6-4-11/h2-8H,9H2,1H3. The summed E-state index contributed by atoms with van der Waals surface area (Å²) < 4.78 is 19.0. The van der Waals surface area contributed by atoms with E-state index in [1.54, 1.807) is 6.07 Å². The maximum Gasteiger partial charge on any atom is 0.200 e. The lowest BCUT2D eigenvalue weighted by molar-refractivity contribution is 0.0921. The maximum absolute atomic E-state index is 12.7. The van der Waals surface area contributed by atoms with E-state index in [2.05, 4.69) is 15.9 Å². The lowest BCUT2D eigenvalue weighted by Crippen LogP contribution is -2.11. The first-order valence-corrected chi connectivity index (χ1v) is 6.53. The Hall–Kier alpha value is -1.68. The molecule has 0 aliphatic heterocycles. The van der Waals surface area contributed by atoms with E-state index in [1.165, 1.54) is 24.3 Å². The van der Waals surface area contributed by atoms with E-state index in [0.717, 1.165) is 10.0 Å². The number of benzene rings is 2. The Morgan fingerprint density at radius 3 is 2.53 bits per heavy atom. The van der Waals surface area contributed by atoms with Gasteiger partial charge in [-0.3, -0.25) is 4.79 Å². The van der Waals surface area contributed by atoms with Crippen molar-refractivity contribution in [3.8, 4) is 5.75 Å². The molecule has 2 aromatic carbocycles. The van der Waals surface area contributed by atoms with Gasteiger partial charge in [0.15, 0.2) is 12.4 Å². The largest absolute Gasteiger partial charge is 0.484 e. The highest BCUT2D eigenvalue weighted by Gasteiger charge is 2.08. The van der Waals surface area contributed by atoms with Gasteiger partial charge in [0.1, 0.15) is 11.6 Å². The van der Waals surface area contributed by atoms with Crippen LogP contribution in [0.2, 0.25) is 0 Å². The molecule has 0 saturated carbocycles. The Morgan fingerprint density at radius 1 is 1.21 bits per heavy atom. The zero-order valence-corrected chi connectivity index (χ0v) is 11.9. The Kier molecular flexibility index (Phi) is 4.32. The van der Waals surface area contributed by atoms with Gasteiger partial charge in [-0.25, -0.2) is 4.39 Å². The number of carbonyl (C=O) groups excluding carboxylic acids is 1. The van der Waals surface area contributed by atoms with Gasteiger partial charge in [0.25, 0.3) is 0 Å². The SMILES string of the molecule is Cc1ccc(OCC(=O)c2ccc(F)cc2)c(Br)c1. The molecular weight excluding hydrogens is 311 g/mol. The molecule has 19 heavy (non-hydrogen) atoms. The van der Waals surface area contributed by atoms with Crippen LogP contribution in [-0.2, 0) is 0 Å². The molecule has 0 fully saturated rings. The molecular formula is C15H12BrFO2. The number of hydrogen-bond acceptors (Lipinski definition) is 2. The van der Waals surface area contributed by atoms with Gasteiger partial charge in [0.2, 0.25) is 0 Å². The average molecular weight is 323 g/mol. The quantitative estimate of drug-likeness (QED) is 0.790. The van der Waals surface area contributed by atoms with E-state index in [0.29, 0.717) is 11.3 Å². The van der Waals surface area contributed by atoms with Crippen LogP contribution in [-0.4, -0.2) is 12.4 Å². The summed E-state index contributed by atoms with van der Waals surface area (Å²) in [4.78, 5) is 11.8. The van der Waals surface area contributed by atoms with Gasteiger partial charge in [-0.1, -0.05) is 6.07 Å². The number of rotatable bonds is 4. The fourth-order valence-electron chi connectivity index (χ4n) is 1.59. The van der Waals surface area contributed by atoms with Gasteiger partial charge in [0, 0.05) is 5.56 Å². The second-order valence-corrected chi connectivity index (χ2v) is 5.01. The summed E-state index contributed by atoms with van der Waals surface area (Å²) in [6.07, 6.45) is 0. The van der Waals surface area contributed by atoms with Crippen LogP contribution in [0.25, 0.3) is 0 Å². The third kappa shape index (κ3) is 3.64. The van der Waals surface area contributed by atoms with Crippen LogP contribution in [0.3, 0.4) is 0 Å². The first kappa shape index (κ1) is 13.7. The third-order valence-electron chi connectivity index (χ3n) is 2.61. The highest BCUT2D eigenvalue weighted by atomic mass is 79.9. The van der Waals surface area contributed by atoms with Crippen LogP contribution < -0.4 is 4.74 Å². The Bertz CT molecular complexity index is 594. The highest BCUT2D eigenvalue weighted by molar-refractivity contribution is 9.10. The molecule has 0 bridgehead atoms. The van der Waals surface area contributed by atoms with Crippen LogP contribution in [0.1, 0.15) is 15.9 Å². The third-order valence-corrected chi connectivity index (χ3v) is 3.23. The van der Waals surface area contributed by atoms with E-state index >= 15 is 0 Å². The minimum absolute atomic E-state index is 0.0761. The lowest BCUT2D eigenvalue weighted by atomic mass is 10.1. The number of ether oxygens (including phenoxy) is 1. The Morgan fingerprint density at radius 2 is 1.89 bits per heavy atom. The van der Waals surface area contributed by atoms with Gasteiger partial charge in [-0.15, -0.1) is 0 Å². The molecule has 0 amide bonds. The molecule has 0 saturated heterocycles.